The quantitative estimate of drug-likeness (QED) is 0.328. The number of benzene rings is 2. The molecule has 3 rings (SSSR count). The Balaban J connectivity index is 1.87. The molecule has 0 aliphatic rings. The summed E-state index contributed by atoms with van der Waals surface area (Å²) in [5.41, 5.74) is 24.5. The van der Waals surface area contributed by atoms with Gasteiger partial charge in [-0.2, -0.15) is 0 Å². The second-order valence-corrected chi connectivity index (χ2v) is 6.58. The van der Waals surface area contributed by atoms with Crippen LogP contribution >= 0.6 is 0 Å². The summed E-state index contributed by atoms with van der Waals surface area (Å²) < 4.78 is 0. The van der Waals surface area contributed by atoms with Crippen LogP contribution in [0.15, 0.2) is 55.1 Å². The lowest BCUT2D eigenvalue weighted by atomic mass is 10.0. The molecule has 0 spiro atoms. The number of hydrogen-bond donors (Lipinski definition) is 5. The van der Waals surface area contributed by atoms with E-state index in [0.29, 0.717) is 40.7 Å². The molecule has 0 saturated heterocycles. The molecule has 0 fully saturated rings. The molecule has 2 aromatic carbocycles. The summed E-state index contributed by atoms with van der Waals surface area (Å²) in [5.74, 6) is 0.597. The van der Waals surface area contributed by atoms with Gasteiger partial charge in [0.25, 0.3) is 0 Å². The van der Waals surface area contributed by atoms with E-state index < -0.39 is 0 Å². The number of pyridine rings is 1. The van der Waals surface area contributed by atoms with Crippen LogP contribution in [0.1, 0.15) is 23.6 Å². The SMILES string of the molecule is C=Cc1cc(CNc2nc(-c3ccc(N)c(C(C)=N)c3)ccc2N)ccc1N. The van der Waals surface area contributed by atoms with E-state index >= 15 is 0 Å². The molecule has 0 amide bonds. The van der Waals surface area contributed by atoms with Crippen LogP contribution < -0.4 is 22.5 Å². The maximum atomic E-state index is 7.87. The zero-order valence-electron chi connectivity index (χ0n) is 15.8. The van der Waals surface area contributed by atoms with Crippen LogP contribution in [0.2, 0.25) is 0 Å². The predicted molar refractivity (Wildman–Crippen MR) is 119 cm³/mol. The van der Waals surface area contributed by atoms with Crippen molar-refractivity contribution in [3.05, 3.63) is 71.8 Å². The largest absolute Gasteiger partial charge is 0.398 e. The first kappa shape index (κ1) is 19.0. The third-order valence-electron chi connectivity index (χ3n) is 4.51. The van der Waals surface area contributed by atoms with Crippen LogP contribution in [0.5, 0.6) is 0 Å². The first-order chi connectivity index (χ1) is 13.4. The summed E-state index contributed by atoms with van der Waals surface area (Å²) in [6.45, 7) is 6.04. The number of hydrogen-bond acceptors (Lipinski definition) is 6. The van der Waals surface area contributed by atoms with Crippen molar-refractivity contribution in [2.75, 3.05) is 22.5 Å². The summed E-state index contributed by atoms with van der Waals surface area (Å²) >= 11 is 0. The average Bonchev–Trinajstić information content (AvgIpc) is 2.68. The van der Waals surface area contributed by atoms with Crippen molar-refractivity contribution in [2.45, 2.75) is 13.5 Å². The van der Waals surface area contributed by atoms with Gasteiger partial charge in [-0.15, -0.1) is 0 Å². The van der Waals surface area contributed by atoms with Crippen molar-refractivity contribution in [2.24, 2.45) is 0 Å². The van der Waals surface area contributed by atoms with Crippen molar-refractivity contribution >= 4 is 34.7 Å². The lowest BCUT2D eigenvalue weighted by Crippen LogP contribution is -2.06. The van der Waals surface area contributed by atoms with E-state index in [9.17, 15) is 0 Å². The Labute approximate surface area is 164 Å². The fourth-order valence-electron chi connectivity index (χ4n) is 2.91. The van der Waals surface area contributed by atoms with Gasteiger partial charge in [0, 0.05) is 34.8 Å². The molecular formula is C22H24N6. The monoisotopic (exact) mass is 372 g/mol. The molecule has 3 aromatic rings. The van der Waals surface area contributed by atoms with Crippen LogP contribution in [0.25, 0.3) is 17.3 Å². The second-order valence-electron chi connectivity index (χ2n) is 6.58. The molecule has 8 N–H and O–H groups in total. The highest BCUT2D eigenvalue weighted by molar-refractivity contribution is 6.02. The standard InChI is InChI=1S/C22H24N6/c1-3-15-10-14(4-6-18(15)24)12-27-22-20(26)8-9-21(28-22)16-5-7-19(25)17(11-16)13(2)23/h3-11,23H,1,12,24-26H2,2H3,(H,27,28). The topological polar surface area (TPSA) is 127 Å². The molecule has 1 heterocycles. The molecule has 0 bridgehead atoms. The van der Waals surface area contributed by atoms with E-state index in [4.69, 9.17) is 22.6 Å². The normalized spacial score (nSPS) is 10.5. The fraction of sp³-hybridized carbons (Fsp3) is 0.0909. The number of anilines is 4. The molecule has 142 valence electrons. The van der Waals surface area contributed by atoms with Crippen LogP contribution in [0.3, 0.4) is 0 Å². The van der Waals surface area contributed by atoms with Gasteiger partial charge in [0.15, 0.2) is 0 Å². The number of rotatable bonds is 6. The van der Waals surface area contributed by atoms with E-state index in [0.717, 1.165) is 22.4 Å². The highest BCUT2D eigenvalue weighted by Gasteiger charge is 2.09. The van der Waals surface area contributed by atoms with E-state index in [1.807, 2.05) is 42.5 Å². The molecule has 6 nitrogen and oxygen atoms in total. The third kappa shape index (κ3) is 3.96. The molecule has 0 radical (unpaired) electrons. The van der Waals surface area contributed by atoms with Crippen LogP contribution in [0, 0.1) is 5.41 Å². The van der Waals surface area contributed by atoms with Crippen molar-refractivity contribution in [3.63, 3.8) is 0 Å². The zero-order valence-corrected chi connectivity index (χ0v) is 15.8. The molecule has 0 aliphatic heterocycles. The van der Waals surface area contributed by atoms with Crippen LogP contribution in [-0.2, 0) is 6.54 Å². The molecular weight excluding hydrogens is 348 g/mol. The Morgan fingerprint density at radius 3 is 2.46 bits per heavy atom. The second kappa shape index (κ2) is 7.84. The predicted octanol–water partition coefficient (Wildman–Crippen LogP) is 4.14. The maximum Gasteiger partial charge on any atom is 0.150 e. The third-order valence-corrected chi connectivity index (χ3v) is 4.51. The van der Waals surface area contributed by atoms with Crippen LogP contribution in [-0.4, -0.2) is 10.7 Å². The molecule has 1 aromatic heterocycles. The smallest absolute Gasteiger partial charge is 0.150 e. The van der Waals surface area contributed by atoms with Gasteiger partial charge >= 0.3 is 0 Å². The first-order valence-corrected chi connectivity index (χ1v) is 8.85. The van der Waals surface area contributed by atoms with Crippen molar-refractivity contribution < 1.29 is 0 Å². The molecule has 0 saturated carbocycles. The van der Waals surface area contributed by atoms with Gasteiger partial charge in [-0.1, -0.05) is 24.8 Å². The molecule has 0 aliphatic carbocycles. The number of nitrogens with two attached hydrogens (primary N) is 3. The minimum Gasteiger partial charge on any atom is -0.398 e. The lowest BCUT2D eigenvalue weighted by Gasteiger charge is -2.12. The maximum absolute atomic E-state index is 7.87. The summed E-state index contributed by atoms with van der Waals surface area (Å²) in [6.07, 6.45) is 1.73. The minimum absolute atomic E-state index is 0.412. The molecule has 28 heavy (non-hydrogen) atoms. The lowest BCUT2D eigenvalue weighted by molar-refractivity contribution is 1.11. The van der Waals surface area contributed by atoms with Gasteiger partial charge < -0.3 is 27.9 Å². The highest BCUT2D eigenvalue weighted by atomic mass is 15.0. The number of aromatic nitrogens is 1. The van der Waals surface area contributed by atoms with Crippen molar-refractivity contribution in [3.8, 4) is 11.3 Å². The average molecular weight is 372 g/mol. The zero-order chi connectivity index (χ0) is 20.3. The Bertz CT molecular complexity index is 1050. The fourth-order valence-corrected chi connectivity index (χ4v) is 2.91. The van der Waals surface area contributed by atoms with E-state index in [1.165, 1.54) is 0 Å². The summed E-state index contributed by atoms with van der Waals surface area (Å²) in [4.78, 5) is 4.66. The highest BCUT2D eigenvalue weighted by Crippen LogP contribution is 2.27. The minimum atomic E-state index is 0.412. The van der Waals surface area contributed by atoms with Gasteiger partial charge in [0.1, 0.15) is 5.82 Å². The Kier molecular flexibility index (Phi) is 5.31. The Hall–Kier alpha value is -3.80. The van der Waals surface area contributed by atoms with Gasteiger partial charge in [-0.3, -0.25) is 0 Å². The van der Waals surface area contributed by atoms with Gasteiger partial charge in [-0.25, -0.2) is 4.98 Å². The van der Waals surface area contributed by atoms with Gasteiger partial charge in [0.2, 0.25) is 0 Å². The molecule has 6 heteroatoms. The summed E-state index contributed by atoms with van der Waals surface area (Å²) in [6, 6.07) is 15.0. The van der Waals surface area contributed by atoms with E-state index in [-0.39, 0.29) is 0 Å². The Morgan fingerprint density at radius 1 is 1.04 bits per heavy atom. The van der Waals surface area contributed by atoms with E-state index in [1.54, 1.807) is 19.1 Å². The molecule has 0 atom stereocenters. The van der Waals surface area contributed by atoms with Crippen LogP contribution in [0.4, 0.5) is 22.9 Å². The van der Waals surface area contributed by atoms with Crippen molar-refractivity contribution in [1.82, 2.24) is 4.98 Å². The number of nitrogen functional groups attached to an aromatic ring is 3. The number of nitrogens with one attached hydrogen (secondary N) is 2. The number of nitrogens with zero attached hydrogens (tertiary/aromatic N) is 1. The van der Waals surface area contributed by atoms with E-state index in [2.05, 4.69) is 16.9 Å². The van der Waals surface area contributed by atoms with Gasteiger partial charge in [0.05, 0.1) is 11.4 Å². The van der Waals surface area contributed by atoms with Crippen molar-refractivity contribution in [1.29, 1.82) is 5.41 Å². The summed E-state index contributed by atoms with van der Waals surface area (Å²) in [5, 5.41) is 11.2. The molecule has 0 unspecified atom stereocenters. The Morgan fingerprint density at radius 2 is 1.75 bits per heavy atom. The van der Waals surface area contributed by atoms with Gasteiger partial charge in [-0.05, 0) is 54.4 Å². The first-order valence-electron chi connectivity index (χ1n) is 8.85. The summed E-state index contributed by atoms with van der Waals surface area (Å²) in [7, 11) is 0.